The second kappa shape index (κ2) is 5.63. The zero-order valence-corrected chi connectivity index (χ0v) is 11.0. The highest BCUT2D eigenvalue weighted by Crippen LogP contribution is 2.29. The number of carbonyl (C=O) groups excluding carboxylic acids is 2. The van der Waals surface area contributed by atoms with Crippen molar-refractivity contribution in [2.45, 2.75) is 38.0 Å². The van der Waals surface area contributed by atoms with E-state index in [0.717, 1.165) is 0 Å². The Labute approximate surface area is 103 Å². The third-order valence-electron chi connectivity index (χ3n) is 2.34. The molecule has 1 rings (SSSR count). The lowest BCUT2D eigenvalue weighted by atomic mass is 9.98. The molecule has 6 heteroatoms. The normalized spacial score (nSPS) is 34.2. The molecule has 4 atom stereocenters. The molecule has 0 N–H and O–H groups in total. The van der Waals surface area contributed by atoms with Gasteiger partial charge >= 0.3 is 11.9 Å². The second-order valence-corrected chi connectivity index (χ2v) is 4.67. The summed E-state index contributed by atoms with van der Waals surface area (Å²) in [4.78, 5) is 21.9. The number of halogens is 1. The lowest BCUT2D eigenvalue weighted by Crippen LogP contribution is -2.49. The van der Waals surface area contributed by atoms with Crippen molar-refractivity contribution in [3.63, 3.8) is 0 Å². The maximum Gasteiger partial charge on any atom is 0.303 e. The Morgan fingerprint density at radius 2 is 1.81 bits per heavy atom. The van der Waals surface area contributed by atoms with Crippen LogP contribution in [0.1, 0.15) is 20.8 Å². The van der Waals surface area contributed by atoms with Crippen LogP contribution in [0.5, 0.6) is 0 Å². The molecule has 1 aliphatic heterocycles. The van der Waals surface area contributed by atoms with E-state index in [-0.39, 0.29) is 17.5 Å². The Hall–Kier alpha value is -0.620. The van der Waals surface area contributed by atoms with Gasteiger partial charge in [-0.3, -0.25) is 9.59 Å². The van der Waals surface area contributed by atoms with Crippen LogP contribution in [0.15, 0.2) is 0 Å². The molecule has 16 heavy (non-hydrogen) atoms. The molecular weight excluding hydrogens is 280 g/mol. The lowest BCUT2D eigenvalue weighted by molar-refractivity contribution is -0.190. The van der Waals surface area contributed by atoms with Gasteiger partial charge in [-0.05, 0) is 0 Å². The van der Waals surface area contributed by atoms with Crippen molar-refractivity contribution in [1.82, 2.24) is 0 Å². The first-order valence-corrected chi connectivity index (χ1v) is 5.93. The highest BCUT2D eigenvalue weighted by Gasteiger charge is 2.40. The number of ether oxygens (including phenoxy) is 3. The minimum Gasteiger partial charge on any atom is -0.458 e. The average molecular weight is 295 g/mol. The lowest BCUT2D eigenvalue weighted by Gasteiger charge is -2.37. The molecule has 0 amide bonds. The Kier molecular flexibility index (Phi) is 4.73. The van der Waals surface area contributed by atoms with Gasteiger partial charge in [-0.25, -0.2) is 0 Å². The summed E-state index contributed by atoms with van der Waals surface area (Å²) < 4.78 is 15.6. The van der Waals surface area contributed by atoms with Crippen LogP contribution in [0.25, 0.3) is 0 Å². The van der Waals surface area contributed by atoms with Crippen molar-refractivity contribution < 1.29 is 23.8 Å². The second-order valence-electron chi connectivity index (χ2n) is 3.77. The first-order chi connectivity index (χ1) is 7.41. The number of alkyl halides is 1. The molecule has 0 aromatic rings. The smallest absolute Gasteiger partial charge is 0.303 e. The molecule has 92 valence electrons. The summed E-state index contributed by atoms with van der Waals surface area (Å²) in [6.07, 6.45) is -1.01. The fourth-order valence-electron chi connectivity index (χ4n) is 1.61. The van der Waals surface area contributed by atoms with Gasteiger partial charge in [0, 0.05) is 19.8 Å². The number of carbonyl (C=O) groups is 2. The van der Waals surface area contributed by atoms with E-state index in [4.69, 9.17) is 14.2 Å². The molecule has 0 saturated carbocycles. The van der Waals surface area contributed by atoms with Crippen molar-refractivity contribution >= 4 is 27.9 Å². The van der Waals surface area contributed by atoms with Gasteiger partial charge < -0.3 is 14.2 Å². The van der Waals surface area contributed by atoms with E-state index in [1.807, 2.05) is 6.92 Å². The van der Waals surface area contributed by atoms with Crippen LogP contribution in [0.2, 0.25) is 0 Å². The molecule has 0 bridgehead atoms. The summed E-state index contributed by atoms with van der Waals surface area (Å²) in [5.41, 5.74) is 0. The van der Waals surface area contributed by atoms with Gasteiger partial charge in [-0.15, -0.1) is 0 Å². The average Bonchev–Trinajstić information content (AvgIpc) is 2.16. The van der Waals surface area contributed by atoms with E-state index in [9.17, 15) is 9.59 Å². The summed E-state index contributed by atoms with van der Waals surface area (Å²) in [6, 6.07) is 0. The van der Waals surface area contributed by atoms with E-state index in [0.29, 0.717) is 0 Å². The summed E-state index contributed by atoms with van der Waals surface area (Å²) in [5, 5.41) is -0.205. The van der Waals surface area contributed by atoms with E-state index in [1.165, 1.54) is 13.8 Å². The largest absolute Gasteiger partial charge is 0.458 e. The maximum atomic E-state index is 11.0. The standard InChI is InChI=1S/C10H15BrO5/c1-5-9(16-7(3)13)8(15-6(2)12)4-14-10(5)11/h5,8-10H,4H2,1-3H3/t5?,8?,9-,10?/m1/s1. The van der Waals surface area contributed by atoms with Gasteiger partial charge in [-0.2, -0.15) is 0 Å². The Bertz CT molecular complexity index is 280. The molecule has 0 aromatic carbocycles. The van der Waals surface area contributed by atoms with Crippen molar-refractivity contribution in [3.8, 4) is 0 Å². The molecule has 0 spiro atoms. The predicted molar refractivity (Wildman–Crippen MR) is 58.9 cm³/mol. The van der Waals surface area contributed by atoms with Gasteiger partial charge in [0.25, 0.3) is 0 Å². The van der Waals surface area contributed by atoms with Crippen LogP contribution in [0, 0.1) is 5.92 Å². The van der Waals surface area contributed by atoms with Crippen molar-refractivity contribution in [3.05, 3.63) is 0 Å². The predicted octanol–water partition coefficient (Wildman–Crippen LogP) is 1.24. The zero-order valence-electron chi connectivity index (χ0n) is 9.44. The van der Waals surface area contributed by atoms with Crippen LogP contribution >= 0.6 is 15.9 Å². The van der Waals surface area contributed by atoms with Crippen LogP contribution < -0.4 is 0 Å². The van der Waals surface area contributed by atoms with E-state index in [2.05, 4.69) is 15.9 Å². The van der Waals surface area contributed by atoms with Gasteiger partial charge in [0.05, 0.1) is 6.61 Å². The molecule has 1 aliphatic rings. The van der Waals surface area contributed by atoms with Crippen LogP contribution in [-0.4, -0.2) is 35.8 Å². The van der Waals surface area contributed by atoms with E-state index < -0.39 is 24.1 Å². The number of rotatable bonds is 2. The third kappa shape index (κ3) is 3.45. The fraction of sp³-hybridized carbons (Fsp3) is 0.800. The van der Waals surface area contributed by atoms with Gasteiger partial charge in [0.1, 0.15) is 11.1 Å². The highest BCUT2D eigenvalue weighted by molar-refractivity contribution is 9.09. The molecule has 0 radical (unpaired) electrons. The number of esters is 2. The summed E-state index contributed by atoms with van der Waals surface area (Å²) in [5.74, 6) is -0.886. The molecule has 3 unspecified atom stereocenters. The molecule has 0 aromatic heterocycles. The van der Waals surface area contributed by atoms with E-state index >= 15 is 0 Å². The van der Waals surface area contributed by atoms with Gasteiger partial charge in [-0.1, -0.05) is 22.9 Å². The quantitative estimate of drug-likeness (QED) is 0.566. The zero-order chi connectivity index (χ0) is 12.3. The fourth-order valence-corrected chi connectivity index (χ4v) is 2.06. The van der Waals surface area contributed by atoms with Crippen LogP contribution in [-0.2, 0) is 23.8 Å². The summed E-state index contributed by atoms with van der Waals surface area (Å²) in [6.45, 7) is 4.73. The minimum atomic E-state index is -0.537. The highest BCUT2D eigenvalue weighted by atomic mass is 79.9. The monoisotopic (exact) mass is 294 g/mol. The molecule has 5 nitrogen and oxygen atoms in total. The van der Waals surface area contributed by atoms with Gasteiger partial charge in [0.15, 0.2) is 6.10 Å². The van der Waals surface area contributed by atoms with Crippen LogP contribution in [0.4, 0.5) is 0 Å². The molecule has 1 fully saturated rings. The topological polar surface area (TPSA) is 61.8 Å². The van der Waals surface area contributed by atoms with Crippen molar-refractivity contribution in [2.75, 3.05) is 6.61 Å². The SMILES string of the molecule is CC(=O)OC1COC(Br)C(C)[C@H]1OC(C)=O. The molecule has 1 heterocycles. The van der Waals surface area contributed by atoms with Gasteiger partial charge in [0.2, 0.25) is 0 Å². The maximum absolute atomic E-state index is 11.0. The third-order valence-corrected chi connectivity index (χ3v) is 3.44. The summed E-state index contributed by atoms with van der Waals surface area (Å²) in [7, 11) is 0. The molecule has 0 aliphatic carbocycles. The van der Waals surface area contributed by atoms with Crippen molar-refractivity contribution in [1.29, 1.82) is 0 Å². The minimum absolute atomic E-state index is 0.0815. The van der Waals surface area contributed by atoms with Crippen molar-refractivity contribution in [2.24, 2.45) is 5.92 Å². The number of hydrogen-bond donors (Lipinski definition) is 0. The summed E-state index contributed by atoms with van der Waals surface area (Å²) >= 11 is 3.32. The van der Waals surface area contributed by atoms with Crippen LogP contribution in [0.3, 0.4) is 0 Å². The Morgan fingerprint density at radius 1 is 1.25 bits per heavy atom. The Balaban J connectivity index is 2.72. The first kappa shape index (κ1) is 13.4. The molecular formula is C10H15BrO5. The number of hydrogen-bond acceptors (Lipinski definition) is 5. The Morgan fingerprint density at radius 3 is 2.31 bits per heavy atom. The first-order valence-electron chi connectivity index (χ1n) is 5.02. The molecule has 1 saturated heterocycles. The van der Waals surface area contributed by atoms with E-state index in [1.54, 1.807) is 0 Å².